The molecule has 0 aromatic heterocycles. The maximum absolute atomic E-state index is 2.64. The average molecular weight is 449 g/mol. The average Bonchev–Trinajstić information content (AvgIpc) is 3.20. The van der Waals surface area contributed by atoms with Crippen LogP contribution in [0, 0.1) is 0 Å². The number of hydrogen-bond donors (Lipinski definition) is 0. The van der Waals surface area contributed by atoms with Crippen molar-refractivity contribution in [2.24, 2.45) is 0 Å². The fourth-order valence-corrected chi connectivity index (χ4v) is 5.20. The van der Waals surface area contributed by atoms with Gasteiger partial charge in [-0.3, -0.25) is 0 Å². The van der Waals surface area contributed by atoms with E-state index in [1.165, 1.54) is 148 Å². The second kappa shape index (κ2) is 22.1. The predicted molar refractivity (Wildman–Crippen MR) is 145 cm³/mol. The highest BCUT2D eigenvalue weighted by Crippen LogP contribution is 2.23. The van der Waals surface area contributed by atoms with Crippen LogP contribution in [0.5, 0.6) is 0 Å². The van der Waals surface area contributed by atoms with Crippen LogP contribution in [0.4, 0.5) is 0 Å². The Hall–Kier alpha value is -0.660. The van der Waals surface area contributed by atoms with Gasteiger partial charge in [0, 0.05) is 25.5 Å². The van der Waals surface area contributed by atoms with E-state index in [0.29, 0.717) is 6.17 Å². The van der Waals surface area contributed by atoms with Crippen molar-refractivity contribution in [3.8, 4) is 0 Å². The summed E-state index contributed by atoms with van der Waals surface area (Å²) in [6.07, 6.45) is 36.8. The van der Waals surface area contributed by atoms with Crippen LogP contribution in [0.15, 0.2) is 12.4 Å². The molecular weight excluding hydrogens is 388 g/mol. The standard InChI is InChI=1S/C30H60N2/c1-4-7-9-11-13-15-17-18-20-22-24-26-30-31(6-3)28-29-32(30)27-25-23-21-19-16-14-12-10-8-5-2/h28-30H,4-27H2,1-3H3. The second-order valence-corrected chi connectivity index (χ2v) is 10.4. The molecule has 1 heterocycles. The Morgan fingerprint density at radius 3 is 1.25 bits per heavy atom. The lowest BCUT2D eigenvalue weighted by molar-refractivity contribution is 0.142. The summed E-state index contributed by atoms with van der Waals surface area (Å²) < 4.78 is 0. The molecule has 0 fully saturated rings. The first-order chi connectivity index (χ1) is 15.8. The van der Waals surface area contributed by atoms with E-state index < -0.39 is 0 Å². The molecule has 32 heavy (non-hydrogen) atoms. The largest absolute Gasteiger partial charge is 0.356 e. The quantitative estimate of drug-likeness (QED) is 0.135. The zero-order chi connectivity index (χ0) is 23.1. The molecular formula is C30H60N2. The number of unbranched alkanes of at least 4 members (excludes halogenated alkanes) is 19. The summed E-state index contributed by atoms with van der Waals surface area (Å²) in [4.78, 5) is 5.21. The third kappa shape index (κ3) is 15.2. The summed E-state index contributed by atoms with van der Waals surface area (Å²) in [7, 11) is 0. The van der Waals surface area contributed by atoms with Gasteiger partial charge in [0.2, 0.25) is 0 Å². The Kier molecular flexibility index (Phi) is 20.3. The summed E-state index contributed by atoms with van der Waals surface area (Å²) in [5, 5.41) is 0. The minimum atomic E-state index is 0.636. The Labute approximate surface area is 203 Å². The highest BCUT2D eigenvalue weighted by Gasteiger charge is 2.23. The van der Waals surface area contributed by atoms with Crippen LogP contribution in [0.3, 0.4) is 0 Å². The van der Waals surface area contributed by atoms with Gasteiger partial charge >= 0.3 is 0 Å². The maximum atomic E-state index is 2.64. The lowest BCUT2D eigenvalue weighted by Crippen LogP contribution is -2.38. The lowest BCUT2D eigenvalue weighted by atomic mass is 10.0. The monoisotopic (exact) mass is 448 g/mol. The van der Waals surface area contributed by atoms with Crippen LogP contribution in [0.25, 0.3) is 0 Å². The van der Waals surface area contributed by atoms with Crippen LogP contribution in [-0.4, -0.2) is 29.1 Å². The van der Waals surface area contributed by atoms with Gasteiger partial charge in [0.25, 0.3) is 0 Å². The Morgan fingerprint density at radius 2 is 0.812 bits per heavy atom. The van der Waals surface area contributed by atoms with Crippen molar-refractivity contribution in [2.75, 3.05) is 13.1 Å². The van der Waals surface area contributed by atoms with Crippen molar-refractivity contribution < 1.29 is 0 Å². The summed E-state index contributed by atoms with van der Waals surface area (Å²) in [5.74, 6) is 0. The number of hydrogen-bond acceptors (Lipinski definition) is 2. The van der Waals surface area contributed by atoms with Crippen LogP contribution >= 0.6 is 0 Å². The van der Waals surface area contributed by atoms with Gasteiger partial charge in [-0.25, -0.2) is 0 Å². The van der Waals surface area contributed by atoms with Gasteiger partial charge in [-0.05, 0) is 26.2 Å². The van der Waals surface area contributed by atoms with Crippen molar-refractivity contribution in [3.05, 3.63) is 12.4 Å². The molecule has 0 radical (unpaired) electrons. The van der Waals surface area contributed by atoms with E-state index in [0.717, 1.165) is 6.54 Å². The maximum Gasteiger partial charge on any atom is 0.101 e. The first kappa shape index (κ1) is 29.4. The van der Waals surface area contributed by atoms with Gasteiger partial charge in [0.05, 0.1) is 0 Å². The molecule has 1 atom stereocenters. The molecule has 190 valence electrons. The van der Waals surface area contributed by atoms with Gasteiger partial charge in [0.1, 0.15) is 6.17 Å². The molecule has 0 saturated carbocycles. The summed E-state index contributed by atoms with van der Waals surface area (Å²) >= 11 is 0. The molecule has 0 bridgehead atoms. The minimum Gasteiger partial charge on any atom is -0.356 e. The molecule has 1 aliphatic heterocycles. The van der Waals surface area contributed by atoms with Crippen molar-refractivity contribution in [3.63, 3.8) is 0 Å². The second-order valence-electron chi connectivity index (χ2n) is 10.4. The Balaban J connectivity index is 2.01. The topological polar surface area (TPSA) is 6.48 Å². The number of rotatable bonds is 24. The van der Waals surface area contributed by atoms with Crippen LogP contribution in [0.2, 0.25) is 0 Å². The van der Waals surface area contributed by atoms with Gasteiger partial charge in [-0.15, -0.1) is 0 Å². The molecule has 2 heteroatoms. The zero-order valence-corrected chi connectivity index (χ0v) is 22.6. The van der Waals surface area contributed by atoms with Gasteiger partial charge < -0.3 is 9.80 Å². The Bertz CT molecular complexity index is 406. The molecule has 2 nitrogen and oxygen atoms in total. The van der Waals surface area contributed by atoms with E-state index in [-0.39, 0.29) is 0 Å². The fraction of sp³-hybridized carbons (Fsp3) is 0.933. The minimum absolute atomic E-state index is 0.636. The molecule has 0 amide bonds. The molecule has 1 aliphatic rings. The van der Waals surface area contributed by atoms with Gasteiger partial charge in [-0.2, -0.15) is 0 Å². The SMILES string of the molecule is CCCCCCCCCCCCCC1N(CC)C=CN1CCCCCCCCCCCC. The molecule has 0 N–H and O–H groups in total. The normalized spacial score (nSPS) is 15.9. The zero-order valence-electron chi connectivity index (χ0n) is 22.6. The molecule has 1 rings (SSSR count). The van der Waals surface area contributed by atoms with Crippen LogP contribution in [-0.2, 0) is 0 Å². The van der Waals surface area contributed by atoms with Crippen molar-refractivity contribution >= 4 is 0 Å². The van der Waals surface area contributed by atoms with E-state index in [1.54, 1.807) is 0 Å². The smallest absolute Gasteiger partial charge is 0.101 e. The fourth-order valence-electron chi connectivity index (χ4n) is 5.20. The highest BCUT2D eigenvalue weighted by atomic mass is 15.4. The highest BCUT2D eigenvalue weighted by molar-refractivity contribution is 4.96. The third-order valence-electron chi connectivity index (χ3n) is 7.42. The first-order valence-corrected chi connectivity index (χ1v) is 15.0. The van der Waals surface area contributed by atoms with Gasteiger partial charge in [-0.1, -0.05) is 136 Å². The molecule has 1 unspecified atom stereocenters. The van der Waals surface area contributed by atoms with E-state index >= 15 is 0 Å². The molecule has 0 spiro atoms. The van der Waals surface area contributed by atoms with E-state index in [9.17, 15) is 0 Å². The predicted octanol–water partition coefficient (Wildman–Crippen LogP) is 10.0. The van der Waals surface area contributed by atoms with Crippen molar-refractivity contribution in [2.45, 2.75) is 168 Å². The van der Waals surface area contributed by atoms with Crippen molar-refractivity contribution in [1.82, 2.24) is 9.80 Å². The van der Waals surface area contributed by atoms with E-state index in [4.69, 9.17) is 0 Å². The first-order valence-electron chi connectivity index (χ1n) is 15.0. The summed E-state index contributed by atoms with van der Waals surface area (Å²) in [6.45, 7) is 9.32. The van der Waals surface area contributed by atoms with Crippen LogP contribution in [0.1, 0.15) is 162 Å². The van der Waals surface area contributed by atoms with E-state index in [2.05, 4.69) is 43.0 Å². The summed E-state index contributed by atoms with van der Waals surface area (Å²) in [6, 6.07) is 0. The number of nitrogens with zero attached hydrogens (tertiary/aromatic N) is 2. The molecule has 0 aromatic carbocycles. The van der Waals surface area contributed by atoms with E-state index in [1.807, 2.05) is 0 Å². The van der Waals surface area contributed by atoms with Crippen molar-refractivity contribution in [1.29, 1.82) is 0 Å². The van der Waals surface area contributed by atoms with Crippen LogP contribution < -0.4 is 0 Å². The Morgan fingerprint density at radius 1 is 0.438 bits per heavy atom. The molecule has 0 aliphatic carbocycles. The molecule has 0 aromatic rings. The van der Waals surface area contributed by atoms with Gasteiger partial charge in [0.15, 0.2) is 0 Å². The lowest BCUT2D eigenvalue weighted by Gasteiger charge is -2.32. The summed E-state index contributed by atoms with van der Waals surface area (Å²) in [5.41, 5.74) is 0. The molecule has 0 saturated heterocycles. The third-order valence-corrected chi connectivity index (χ3v) is 7.42.